The molecule has 1 nitrogen and oxygen atoms in total. The SMILES string of the molecule is Fc1cccc(Cc2ccccc2)n1. The first kappa shape index (κ1) is 8.88. The van der Waals surface area contributed by atoms with Crippen LogP contribution >= 0.6 is 0 Å². The van der Waals surface area contributed by atoms with E-state index < -0.39 is 5.95 Å². The molecule has 0 amide bonds. The van der Waals surface area contributed by atoms with Gasteiger partial charge in [0.15, 0.2) is 0 Å². The third-order valence-electron chi connectivity index (χ3n) is 2.00. The second kappa shape index (κ2) is 4.01. The molecule has 0 saturated heterocycles. The number of halogens is 1. The molecule has 0 aliphatic heterocycles. The first-order valence-electron chi connectivity index (χ1n) is 4.50. The predicted octanol–water partition coefficient (Wildman–Crippen LogP) is 2.81. The molecule has 0 unspecified atom stereocenters. The minimum Gasteiger partial charge on any atom is -0.224 e. The van der Waals surface area contributed by atoms with E-state index in [2.05, 4.69) is 4.98 Å². The zero-order valence-corrected chi connectivity index (χ0v) is 7.65. The Morgan fingerprint density at radius 3 is 2.43 bits per heavy atom. The van der Waals surface area contributed by atoms with Gasteiger partial charge in [-0.1, -0.05) is 36.4 Å². The summed E-state index contributed by atoms with van der Waals surface area (Å²) in [5, 5.41) is 0. The Bertz CT molecular complexity index is 412. The van der Waals surface area contributed by atoms with Gasteiger partial charge in [0.2, 0.25) is 5.95 Å². The average molecular weight is 187 g/mol. The van der Waals surface area contributed by atoms with Gasteiger partial charge in [-0.3, -0.25) is 0 Å². The molecule has 2 aromatic rings. The molecule has 2 rings (SSSR count). The molecule has 0 radical (unpaired) electrons. The maximum Gasteiger partial charge on any atom is 0.213 e. The van der Waals surface area contributed by atoms with E-state index in [0.717, 1.165) is 11.3 Å². The lowest BCUT2D eigenvalue weighted by Gasteiger charge is -2.00. The third kappa shape index (κ3) is 2.16. The van der Waals surface area contributed by atoms with E-state index in [0.29, 0.717) is 6.42 Å². The van der Waals surface area contributed by atoms with Gasteiger partial charge in [-0.15, -0.1) is 0 Å². The lowest BCUT2D eigenvalue weighted by atomic mass is 10.1. The molecule has 70 valence electrons. The van der Waals surface area contributed by atoms with Crippen LogP contribution < -0.4 is 0 Å². The Morgan fingerprint density at radius 2 is 1.71 bits per heavy atom. The fourth-order valence-corrected chi connectivity index (χ4v) is 1.35. The second-order valence-electron chi connectivity index (χ2n) is 3.11. The Kier molecular flexibility index (Phi) is 2.54. The topological polar surface area (TPSA) is 12.9 Å². The second-order valence-corrected chi connectivity index (χ2v) is 3.11. The molecule has 0 bridgehead atoms. The van der Waals surface area contributed by atoms with Crippen LogP contribution in [0.3, 0.4) is 0 Å². The summed E-state index contributed by atoms with van der Waals surface area (Å²) >= 11 is 0. The highest BCUT2D eigenvalue weighted by Gasteiger charge is 1.97. The van der Waals surface area contributed by atoms with Crippen LogP contribution in [0.4, 0.5) is 4.39 Å². The molecule has 1 heterocycles. The first-order valence-corrected chi connectivity index (χ1v) is 4.50. The number of aromatic nitrogens is 1. The molecule has 1 aromatic heterocycles. The molecule has 0 N–H and O–H groups in total. The molecule has 0 saturated carbocycles. The Hall–Kier alpha value is -1.70. The molecule has 14 heavy (non-hydrogen) atoms. The zero-order valence-electron chi connectivity index (χ0n) is 7.65. The Morgan fingerprint density at radius 1 is 0.929 bits per heavy atom. The van der Waals surface area contributed by atoms with Crippen LogP contribution in [0.2, 0.25) is 0 Å². The maximum absolute atomic E-state index is 12.8. The maximum atomic E-state index is 12.8. The molecule has 1 aromatic carbocycles. The predicted molar refractivity (Wildman–Crippen MR) is 53.4 cm³/mol. The fraction of sp³-hybridized carbons (Fsp3) is 0.0833. The summed E-state index contributed by atoms with van der Waals surface area (Å²) in [7, 11) is 0. The van der Waals surface area contributed by atoms with E-state index in [9.17, 15) is 4.39 Å². The van der Waals surface area contributed by atoms with Gasteiger partial charge in [0.05, 0.1) is 0 Å². The Labute approximate surface area is 82.2 Å². The van der Waals surface area contributed by atoms with Crippen molar-refractivity contribution >= 4 is 0 Å². The van der Waals surface area contributed by atoms with E-state index in [1.54, 1.807) is 6.07 Å². The molecule has 2 heteroatoms. The van der Waals surface area contributed by atoms with E-state index >= 15 is 0 Å². The van der Waals surface area contributed by atoms with Crippen LogP contribution in [-0.4, -0.2) is 4.98 Å². The van der Waals surface area contributed by atoms with Crippen LogP contribution in [-0.2, 0) is 6.42 Å². The van der Waals surface area contributed by atoms with Gasteiger partial charge in [-0.05, 0) is 17.7 Å². The summed E-state index contributed by atoms with van der Waals surface area (Å²) in [5.74, 6) is -0.418. The van der Waals surface area contributed by atoms with E-state index in [1.165, 1.54) is 6.07 Å². The number of rotatable bonds is 2. The monoisotopic (exact) mass is 187 g/mol. The van der Waals surface area contributed by atoms with Crippen LogP contribution in [0.5, 0.6) is 0 Å². The van der Waals surface area contributed by atoms with Crippen molar-refractivity contribution in [1.82, 2.24) is 4.98 Å². The lowest BCUT2D eigenvalue weighted by Crippen LogP contribution is -1.93. The van der Waals surface area contributed by atoms with Crippen molar-refractivity contribution in [2.75, 3.05) is 0 Å². The fourth-order valence-electron chi connectivity index (χ4n) is 1.35. The molecule has 0 atom stereocenters. The van der Waals surface area contributed by atoms with Crippen LogP contribution in [0, 0.1) is 5.95 Å². The normalized spacial score (nSPS) is 10.1. The average Bonchev–Trinajstić information content (AvgIpc) is 2.19. The van der Waals surface area contributed by atoms with E-state index in [-0.39, 0.29) is 0 Å². The highest BCUT2D eigenvalue weighted by molar-refractivity contribution is 5.21. The third-order valence-corrected chi connectivity index (χ3v) is 2.00. The highest BCUT2D eigenvalue weighted by atomic mass is 19.1. The van der Waals surface area contributed by atoms with Gasteiger partial charge in [-0.2, -0.15) is 4.39 Å². The number of benzene rings is 1. The molecule has 0 aliphatic rings. The summed E-state index contributed by atoms with van der Waals surface area (Å²) in [4.78, 5) is 3.80. The van der Waals surface area contributed by atoms with Gasteiger partial charge in [-0.25, -0.2) is 4.98 Å². The van der Waals surface area contributed by atoms with Crippen LogP contribution in [0.15, 0.2) is 48.5 Å². The minimum atomic E-state index is -0.418. The van der Waals surface area contributed by atoms with Crippen molar-refractivity contribution in [3.05, 3.63) is 65.7 Å². The van der Waals surface area contributed by atoms with E-state index in [1.807, 2.05) is 36.4 Å². The summed E-state index contributed by atoms with van der Waals surface area (Å²) in [6, 6.07) is 14.8. The molecular formula is C12H10FN. The van der Waals surface area contributed by atoms with E-state index in [4.69, 9.17) is 0 Å². The van der Waals surface area contributed by atoms with Gasteiger partial charge in [0.1, 0.15) is 0 Å². The molecule has 0 aliphatic carbocycles. The summed E-state index contributed by atoms with van der Waals surface area (Å²) in [6.07, 6.45) is 0.679. The Balaban J connectivity index is 2.19. The van der Waals surface area contributed by atoms with Crippen molar-refractivity contribution in [3.63, 3.8) is 0 Å². The number of nitrogens with zero attached hydrogens (tertiary/aromatic N) is 1. The van der Waals surface area contributed by atoms with Crippen LogP contribution in [0.1, 0.15) is 11.3 Å². The van der Waals surface area contributed by atoms with Crippen molar-refractivity contribution in [2.24, 2.45) is 0 Å². The minimum absolute atomic E-state index is 0.418. The van der Waals surface area contributed by atoms with Gasteiger partial charge >= 0.3 is 0 Å². The van der Waals surface area contributed by atoms with Gasteiger partial charge in [0, 0.05) is 12.1 Å². The zero-order chi connectivity index (χ0) is 9.80. The molecular weight excluding hydrogens is 177 g/mol. The standard InChI is InChI=1S/C12H10FN/c13-12-8-4-7-11(14-12)9-10-5-2-1-3-6-10/h1-8H,9H2. The molecule has 0 spiro atoms. The highest BCUT2D eigenvalue weighted by Crippen LogP contribution is 2.06. The van der Waals surface area contributed by atoms with Crippen LogP contribution in [0.25, 0.3) is 0 Å². The van der Waals surface area contributed by atoms with Crippen molar-refractivity contribution in [1.29, 1.82) is 0 Å². The number of hydrogen-bond donors (Lipinski definition) is 0. The quantitative estimate of drug-likeness (QED) is 0.659. The van der Waals surface area contributed by atoms with Crippen molar-refractivity contribution in [3.8, 4) is 0 Å². The molecule has 0 fully saturated rings. The smallest absolute Gasteiger partial charge is 0.213 e. The number of hydrogen-bond acceptors (Lipinski definition) is 1. The number of pyridine rings is 1. The summed E-state index contributed by atoms with van der Waals surface area (Å²) in [6.45, 7) is 0. The van der Waals surface area contributed by atoms with Gasteiger partial charge < -0.3 is 0 Å². The first-order chi connectivity index (χ1) is 6.84. The lowest BCUT2D eigenvalue weighted by molar-refractivity contribution is 0.578. The van der Waals surface area contributed by atoms with Gasteiger partial charge in [0.25, 0.3) is 0 Å². The summed E-state index contributed by atoms with van der Waals surface area (Å²) in [5.41, 5.74) is 1.90. The van der Waals surface area contributed by atoms with Crippen molar-refractivity contribution < 1.29 is 4.39 Å². The largest absolute Gasteiger partial charge is 0.224 e. The summed E-state index contributed by atoms with van der Waals surface area (Å²) < 4.78 is 12.8. The van der Waals surface area contributed by atoms with Crippen molar-refractivity contribution in [2.45, 2.75) is 6.42 Å².